The molecule has 3 N–H and O–H groups in total. The lowest BCUT2D eigenvalue weighted by Gasteiger charge is -2.19. The average molecular weight is 251 g/mol. The summed E-state index contributed by atoms with van der Waals surface area (Å²) in [5.74, 6) is -1.55. The highest BCUT2D eigenvalue weighted by atomic mass is 16.6. The van der Waals surface area contributed by atoms with E-state index in [1.165, 1.54) is 6.07 Å². The third-order valence-corrected chi connectivity index (χ3v) is 2.18. The van der Waals surface area contributed by atoms with Crippen molar-refractivity contribution in [2.75, 3.05) is 5.73 Å². The Hall–Kier alpha value is -2.04. The molecule has 0 unspecified atom stereocenters. The lowest BCUT2D eigenvalue weighted by molar-refractivity contribution is -0.153. The Morgan fingerprint density at radius 2 is 1.94 bits per heavy atom. The molecule has 5 heteroatoms. The normalized spacial score (nSPS) is 11.1. The van der Waals surface area contributed by atoms with Gasteiger partial charge >= 0.3 is 11.9 Å². The van der Waals surface area contributed by atoms with Crippen molar-refractivity contribution in [1.29, 1.82) is 0 Å². The predicted molar refractivity (Wildman–Crippen MR) is 67.4 cm³/mol. The summed E-state index contributed by atoms with van der Waals surface area (Å²) in [7, 11) is 0. The highest BCUT2D eigenvalue weighted by Gasteiger charge is 2.19. The maximum Gasteiger partial charge on any atom is 0.337 e. The number of hydrogen-bond donors (Lipinski definition) is 2. The summed E-state index contributed by atoms with van der Waals surface area (Å²) in [4.78, 5) is 22.5. The first kappa shape index (κ1) is 14.0. The minimum absolute atomic E-state index is 0.00365. The number of carbonyl (C=O) groups is 2. The molecular weight excluding hydrogens is 234 g/mol. The van der Waals surface area contributed by atoms with Gasteiger partial charge in [-0.2, -0.15) is 0 Å². The average Bonchev–Trinajstić information content (AvgIpc) is 2.17. The number of rotatable bonds is 3. The first-order valence-electron chi connectivity index (χ1n) is 5.53. The Morgan fingerprint density at radius 1 is 1.33 bits per heavy atom. The van der Waals surface area contributed by atoms with Crippen LogP contribution in [0.4, 0.5) is 5.69 Å². The van der Waals surface area contributed by atoms with Crippen molar-refractivity contribution in [3.63, 3.8) is 0 Å². The van der Waals surface area contributed by atoms with Gasteiger partial charge in [0.1, 0.15) is 5.60 Å². The van der Waals surface area contributed by atoms with Crippen LogP contribution in [0.3, 0.4) is 0 Å². The van der Waals surface area contributed by atoms with E-state index in [1.54, 1.807) is 32.9 Å². The minimum Gasteiger partial charge on any atom is -0.478 e. The summed E-state index contributed by atoms with van der Waals surface area (Å²) in [5.41, 5.74) is 5.70. The third-order valence-electron chi connectivity index (χ3n) is 2.18. The van der Waals surface area contributed by atoms with Crippen molar-refractivity contribution in [2.24, 2.45) is 0 Å². The van der Waals surface area contributed by atoms with Crippen LogP contribution >= 0.6 is 0 Å². The van der Waals surface area contributed by atoms with Crippen LogP contribution in [0.25, 0.3) is 0 Å². The lowest BCUT2D eigenvalue weighted by Crippen LogP contribution is -2.25. The number of nitrogen functional groups attached to an aromatic ring is 1. The molecule has 0 bridgehead atoms. The first-order valence-corrected chi connectivity index (χ1v) is 5.53. The Morgan fingerprint density at radius 3 is 2.44 bits per heavy atom. The van der Waals surface area contributed by atoms with Crippen LogP contribution in [-0.4, -0.2) is 22.6 Å². The Balaban J connectivity index is 2.89. The van der Waals surface area contributed by atoms with Gasteiger partial charge in [0.25, 0.3) is 0 Å². The zero-order valence-electron chi connectivity index (χ0n) is 10.7. The molecule has 1 aromatic carbocycles. The number of carbonyl (C=O) groups excluding carboxylic acids is 1. The summed E-state index contributed by atoms with van der Waals surface area (Å²) in [5, 5.41) is 8.91. The van der Waals surface area contributed by atoms with Crippen molar-refractivity contribution < 1.29 is 19.4 Å². The fraction of sp³-hybridized carbons (Fsp3) is 0.385. The molecule has 0 spiro atoms. The molecule has 98 valence electrons. The standard InChI is InChI=1S/C13H17NO4/c1-13(2,3)18-10(15)7-8-5-4-6-9(11(8)14)12(16)17/h4-6H,7,14H2,1-3H3,(H,16,17). The van der Waals surface area contributed by atoms with Gasteiger partial charge < -0.3 is 15.6 Å². The maximum atomic E-state index is 11.6. The number of para-hydroxylation sites is 1. The second-order valence-electron chi connectivity index (χ2n) is 4.95. The van der Waals surface area contributed by atoms with Crippen LogP contribution < -0.4 is 5.73 Å². The van der Waals surface area contributed by atoms with Crippen LogP contribution in [0.15, 0.2) is 18.2 Å². The molecular formula is C13H17NO4. The van der Waals surface area contributed by atoms with E-state index in [-0.39, 0.29) is 17.7 Å². The van der Waals surface area contributed by atoms with Gasteiger partial charge in [-0.05, 0) is 32.4 Å². The fourth-order valence-electron chi connectivity index (χ4n) is 1.49. The van der Waals surface area contributed by atoms with Crippen molar-refractivity contribution in [3.05, 3.63) is 29.3 Å². The summed E-state index contributed by atoms with van der Waals surface area (Å²) in [6, 6.07) is 4.57. The number of ether oxygens (including phenoxy) is 1. The number of hydrogen-bond acceptors (Lipinski definition) is 4. The van der Waals surface area contributed by atoms with Crippen molar-refractivity contribution in [3.8, 4) is 0 Å². The van der Waals surface area contributed by atoms with Gasteiger partial charge in [-0.15, -0.1) is 0 Å². The van der Waals surface area contributed by atoms with Crippen LogP contribution in [0, 0.1) is 0 Å². The number of carboxylic acids is 1. The van der Waals surface area contributed by atoms with E-state index in [4.69, 9.17) is 15.6 Å². The topological polar surface area (TPSA) is 89.6 Å². The van der Waals surface area contributed by atoms with Gasteiger partial charge in [0.05, 0.1) is 12.0 Å². The van der Waals surface area contributed by atoms with E-state index in [2.05, 4.69) is 0 Å². The number of benzene rings is 1. The molecule has 0 amide bonds. The van der Waals surface area contributed by atoms with E-state index < -0.39 is 17.5 Å². The van der Waals surface area contributed by atoms with Crippen molar-refractivity contribution >= 4 is 17.6 Å². The molecule has 1 rings (SSSR count). The second-order valence-corrected chi connectivity index (χ2v) is 4.95. The van der Waals surface area contributed by atoms with Gasteiger partial charge in [-0.25, -0.2) is 4.79 Å². The first-order chi connectivity index (χ1) is 8.20. The SMILES string of the molecule is CC(C)(C)OC(=O)Cc1cccc(C(=O)O)c1N. The molecule has 18 heavy (non-hydrogen) atoms. The molecule has 0 aromatic heterocycles. The minimum atomic E-state index is -1.11. The number of carboxylic acid groups (broad SMARTS) is 1. The van der Waals surface area contributed by atoms with Crippen LogP contribution in [0.2, 0.25) is 0 Å². The molecule has 1 aromatic rings. The summed E-state index contributed by atoms with van der Waals surface area (Å²) in [6.07, 6.45) is -0.0375. The largest absolute Gasteiger partial charge is 0.478 e. The number of esters is 1. The summed E-state index contributed by atoms with van der Waals surface area (Å²) >= 11 is 0. The number of nitrogens with two attached hydrogens (primary N) is 1. The second kappa shape index (κ2) is 5.08. The Kier molecular flexibility index (Phi) is 3.96. The van der Waals surface area contributed by atoms with Gasteiger partial charge in [0.15, 0.2) is 0 Å². The molecule has 0 saturated heterocycles. The van der Waals surface area contributed by atoms with Crippen molar-refractivity contribution in [2.45, 2.75) is 32.8 Å². The van der Waals surface area contributed by atoms with Gasteiger partial charge in [0, 0.05) is 5.69 Å². The molecule has 0 fully saturated rings. The zero-order valence-corrected chi connectivity index (χ0v) is 10.7. The van der Waals surface area contributed by atoms with E-state index in [0.29, 0.717) is 5.56 Å². The lowest BCUT2D eigenvalue weighted by atomic mass is 10.0. The van der Waals surface area contributed by atoms with Gasteiger partial charge in [0.2, 0.25) is 0 Å². The predicted octanol–water partition coefficient (Wildman–Crippen LogP) is 1.85. The van der Waals surface area contributed by atoms with E-state index in [0.717, 1.165) is 0 Å². The molecule has 0 heterocycles. The smallest absolute Gasteiger partial charge is 0.337 e. The summed E-state index contributed by atoms with van der Waals surface area (Å²) < 4.78 is 5.16. The molecule has 0 aliphatic rings. The molecule has 0 aliphatic carbocycles. The van der Waals surface area contributed by atoms with E-state index in [9.17, 15) is 9.59 Å². The van der Waals surface area contributed by atoms with Crippen molar-refractivity contribution in [1.82, 2.24) is 0 Å². The zero-order chi connectivity index (χ0) is 13.9. The quantitative estimate of drug-likeness (QED) is 0.632. The van der Waals surface area contributed by atoms with Crippen LogP contribution in [-0.2, 0) is 16.0 Å². The molecule has 0 radical (unpaired) electrons. The van der Waals surface area contributed by atoms with Gasteiger partial charge in [-0.3, -0.25) is 4.79 Å². The maximum absolute atomic E-state index is 11.6. The van der Waals surface area contributed by atoms with E-state index >= 15 is 0 Å². The summed E-state index contributed by atoms with van der Waals surface area (Å²) in [6.45, 7) is 5.30. The fourth-order valence-corrected chi connectivity index (χ4v) is 1.49. The highest BCUT2D eigenvalue weighted by molar-refractivity contribution is 5.95. The monoisotopic (exact) mass is 251 g/mol. The molecule has 5 nitrogen and oxygen atoms in total. The highest BCUT2D eigenvalue weighted by Crippen LogP contribution is 2.19. The third kappa shape index (κ3) is 3.76. The Labute approximate surface area is 106 Å². The van der Waals surface area contributed by atoms with Gasteiger partial charge in [-0.1, -0.05) is 12.1 Å². The van der Waals surface area contributed by atoms with Crippen LogP contribution in [0.1, 0.15) is 36.7 Å². The van der Waals surface area contributed by atoms with Crippen LogP contribution in [0.5, 0.6) is 0 Å². The molecule has 0 saturated carbocycles. The molecule has 0 atom stereocenters. The number of aromatic carboxylic acids is 1. The van der Waals surface area contributed by atoms with E-state index in [1.807, 2.05) is 0 Å². The number of anilines is 1. The molecule has 0 aliphatic heterocycles. The Bertz CT molecular complexity index is 474.